The average molecular weight is 444 g/mol. The fraction of sp³-hybridized carbons (Fsp3) is 0.0400. The highest BCUT2D eigenvalue weighted by molar-refractivity contribution is 7.99. The average Bonchev–Trinajstić information content (AvgIpc) is 2.78. The second kappa shape index (κ2) is 8.46. The van der Waals surface area contributed by atoms with E-state index in [-0.39, 0.29) is 0 Å². The van der Waals surface area contributed by atoms with E-state index in [0.29, 0.717) is 10.8 Å². The molecule has 0 saturated heterocycles. The van der Waals surface area contributed by atoms with Crippen molar-refractivity contribution in [2.75, 3.05) is 12.4 Å². The van der Waals surface area contributed by atoms with Gasteiger partial charge in [0.2, 0.25) is 0 Å². The first-order chi connectivity index (χ1) is 15.2. The van der Waals surface area contributed by atoms with Crippen molar-refractivity contribution in [3.05, 3.63) is 90.0 Å². The summed E-state index contributed by atoms with van der Waals surface area (Å²) in [6, 6.07) is 27.9. The normalized spacial score (nSPS) is 11.0. The molecule has 0 amide bonds. The number of hydrogen-bond donors (Lipinski definition) is 1. The topological polar surface area (TPSA) is 47.0 Å². The highest BCUT2D eigenvalue weighted by Gasteiger charge is 2.13. The van der Waals surface area contributed by atoms with E-state index in [4.69, 9.17) is 26.3 Å². The Hall–Kier alpha value is -3.28. The first-order valence-electron chi connectivity index (χ1n) is 9.73. The van der Waals surface area contributed by atoms with Gasteiger partial charge in [-0.15, -0.1) is 0 Å². The summed E-state index contributed by atoms with van der Waals surface area (Å²) in [5.41, 5.74) is 2.54. The van der Waals surface area contributed by atoms with Crippen LogP contribution in [-0.4, -0.2) is 17.1 Å². The molecule has 0 aliphatic heterocycles. The molecule has 31 heavy (non-hydrogen) atoms. The lowest BCUT2D eigenvalue weighted by atomic mass is 10.1. The zero-order valence-corrected chi connectivity index (χ0v) is 18.2. The second-order valence-corrected chi connectivity index (χ2v) is 8.48. The van der Waals surface area contributed by atoms with E-state index in [1.807, 2.05) is 60.7 Å². The molecule has 0 aliphatic rings. The molecule has 4 aromatic carbocycles. The fourth-order valence-corrected chi connectivity index (χ4v) is 4.43. The van der Waals surface area contributed by atoms with Crippen LogP contribution in [0.25, 0.3) is 21.8 Å². The molecule has 5 aromatic rings. The Bertz CT molecular complexity index is 1410. The highest BCUT2D eigenvalue weighted by atomic mass is 35.5. The van der Waals surface area contributed by atoms with Crippen LogP contribution in [0.2, 0.25) is 5.02 Å². The van der Waals surface area contributed by atoms with E-state index < -0.39 is 0 Å². The number of ether oxygens (including phenoxy) is 1. The van der Waals surface area contributed by atoms with Crippen LogP contribution < -0.4 is 10.1 Å². The molecule has 4 nitrogen and oxygen atoms in total. The molecule has 1 heterocycles. The Labute approximate surface area is 189 Å². The number of hydrogen-bond acceptors (Lipinski definition) is 5. The molecule has 0 radical (unpaired) electrons. The molecule has 1 N–H and O–H groups in total. The van der Waals surface area contributed by atoms with Crippen LogP contribution in [0.1, 0.15) is 0 Å². The summed E-state index contributed by atoms with van der Waals surface area (Å²) in [5.74, 6) is 1.48. The Balaban J connectivity index is 1.64. The van der Waals surface area contributed by atoms with Crippen LogP contribution in [-0.2, 0) is 0 Å². The van der Waals surface area contributed by atoms with Crippen molar-refractivity contribution in [1.29, 1.82) is 0 Å². The minimum absolute atomic E-state index is 0.659. The molecule has 0 atom stereocenters. The first-order valence-corrected chi connectivity index (χ1v) is 10.9. The number of halogens is 1. The van der Waals surface area contributed by atoms with Gasteiger partial charge >= 0.3 is 0 Å². The third-order valence-electron chi connectivity index (χ3n) is 4.84. The molecule has 1 aromatic heterocycles. The SMILES string of the molecule is COc1cccc(Sc2nc3cc4ccccc4cc3nc2Nc2cccc(Cl)c2)c1. The number of methoxy groups -OCH3 is 1. The van der Waals surface area contributed by atoms with E-state index in [2.05, 4.69) is 29.6 Å². The third kappa shape index (κ3) is 4.29. The van der Waals surface area contributed by atoms with Gasteiger partial charge in [0, 0.05) is 15.6 Å². The Morgan fingerprint density at radius 3 is 2.29 bits per heavy atom. The van der Waals surface area contributed by atoms with Crippen molar-refractivity contribution in [2.45, 2.75) is 9.92 Å². The Kier molecular flexibility index (Phi) is 5.37. The van der Waals surface area contributed by atoms with E-state index >= 15 is 0 Å². The van der Waals surface area contributed by atoms with E-state index in [9.17, 15) is 0 Å². The molecule has 0 saturated carbocycles. The van der Waals surface area contributed by atoms with Gasteiger partial charge in [0.1, 0.15) is 10.8 Å². The summed E-state index contributed by atoms with van der Waals surface area (Å²) in [4.78, 5) is 10.9. The predicted molar refractivity (Wildman–Crippen MR) is 129 cm³/mol. The van der Waals surface area contributed by atoms with Crippen LogP contribution in [0.4, 0.5) is 11.5 Å². The van der Waals surface area contributed by atoms with Crippen molar-refractivity contribution in [3.8, 4) is 5.75 Å². The maximum Gasteiger partial charge on any atom is 0.164 e. The molecule has 0 fully saturated rings. The number of aromatic nitrogens is 2. The van der Waals surface area contributed by atoms with Gasteiger partial charge in [-0.2, -0.15) is 0 Å². The smallest absolute Gasteiger partial charge is 0.164 e. The van der Waals surface area contributed by atoms with Crippen molar-refractivity contribution < 1.29 is 4.74 Å². The van der Waals surface area contributed by atoms with Gasteiger partial charge in [-0.05, 0) is 59.3 Å². The standard InChI is InChI=1S/C25H18ClN3OS/c1-30-20-10-5-11-21(15-20)31-25-24(27-19-9-4-8-18(26)14-19)28-22-12-16-6-2-3-7-17(16)13-23(22)29-25/h2-15H,1H3,(H,27,28). The quantitative estimate of drug-likeness (QED) is 0.288. The lowest BCUT2D eigenvalue weighted by molar-refractivity contribution is 0.413. The molecule has 0 aliphatic carbocycles. The summed E-state index contributed by atoms with van der Waals surface area (Å²) < 4.78 is 5.37. The van der Waals surface area contributed by atoms with Crippen LogP contribution >= 0.6 is 23.4 Å². The van der Waals surface area contributed by atoms with Crippen LogP contribution in [0, 0.1) is 0 Å². The van der Waals surface area contributed by atoms with Crippen LogP contribution in [0.5, 0.6) is 5.75 Å². The zero-order chi connectivity index (χ0) is 21.2. The van der Waals surface area contributed by atoms with Gasteiger partial charge < -0.3 is 10.1 Å². The molecule has 0 spiro atoms. The number of nitrogens with zero attached hydrogens (tertiary/aromatic N) is 2. The second-order valence-electron chi connectivity index (χ2n) is 6.98. The summed E-state index contributed by atoms with van der Waals surface area (Å²) in [6.45, 7) is 0. The van der Waals surface area contributed by atoms with Crippen molar-refractivity contribution in [3.63, 3.8) is 0 Å². The number of benzene rings is 4. The van der Waals surface area contributed by atoms with Crippen LogP contribution in [0.3, 0.4) is 0 Å². The van der Waals surface area contributed by atoms with E-state index in [1.54, 1.807) is 7.11 Å². The molecule has 152 valence electrons. The molecular formula is C25H18ClN3OS. The van der Waals surface area contributed by atoms with Gasteiger partial charge in [-0.3, -0.25) is 0 Å². The molecular weight excluding hydrogens is 426 g/mol. The summed E-state index contributed by atoms with van der Waals surface area (Å²) in [5, 5.41) is 7.09. The van der Waals surface area contributed by atoms with E-state index in [1.165, 1.54) is 11.8 Å². The Morgan fingerprint density at radius 2 is 1.55 bits per heavy atom. The molecule has 0 unspecified atom stereocenters. The summed E-state index contributed by atoms with van der Waals surface area (Å²) >= 11 is 7.72. The zero-order valence-electron chi connectivity index (χ0n) is 16.7. The van der Waals surface area contributed by atoms with E-state index in [0.717, 1.165) is 43.2 Å². The van der Waals surface area contributed by atoms with Gasteiger partial charge in [-0.1, -0.05) is 59.8 Å². The summed E-state index contributed by atoms with van der Waals surface area (Å²) in [6.07, 6.45) is 0. The fourth-order valence-electron chi connectivity index (χ4n) is 3.36. The minimum Gasteiger partial charge on any atom is -0.497 e. The van der Waals surface area contributed by atoms with Gasteiger partial charge in [0.25, 0.3) is 0 Å². The minimum atomic E-state index is 0.659. The lowest BCUT2D eigenvalue weighted by Crippen LogP contribution is -1.99. The van der Waals surface area contributed by atoms with Gasteiger partial charge in [0.05, 0.1) is 18.1 Å². The lowest BCUT2D eigenvalue weighted by Gasteiger charge is -2.13. The summed E-state index contributed by atoms with van der Waals surface area (Å²) in [7, 11) is 1.66. The number of anilines is 2. The van der Waals surface area contributed by atoms with Crippen LogP contribution in [0.15, 0.2) is 94.9 Å². The number of nitrogens with one attached hydrogen (secondary N) is 1. The number of rotatable bonds is 5. The van der Waals surface area contributed by atoms with Crippen molar-refractivity contribution >= 4 is 56.7 Å². The Morgan fingerprint density at radius 1 is 0.806 bits per heavy atom. The number of fused-ring (bicyclic) bond motifs is 2. The maximum atomic E-state index is 6.18. The first kappa shape index (κ1) is 19.7. The maximum absolute atomic E-state index is 6.18. The molecule has 0 bridgehead atoms. The molecule has 5 rings (SSSR count). The predicted octanol–water partition coefficient (Wildman–Crippen LogP) is 7.34. The largest absolute Gasteiger partial charge is 0.497 e. The monoisotopic (exact) mass is 443 g/mol. The highest BCUT2D eigenvalue weighted by Crippen LogP contribution is 2.36. The molecule has 6 heteroatoms. The van der Waals surface area contributed by atoms with Crippen molar-refractivity contribution in [2.24, 2.45) is 0 Å². The van der Waals surface area contributed by atoms with Gasteiger partial charge in [-0.25, -0.2) is 9.97 Å². The third-order valence-corrected chi connectivity index (χ3v) is 6.05. The van der Waals surface area contributed by atoms with Gasteiger partial charge in [0.15, 0.2) is 5.82 Å². The van der Waals surface area contributed by atoms with Crippen molar-refractivity contribution in [1.82, 2.24) is 9.97 Å².